The summed E-state index contributed by atoms with van der Waals surface area (Å²) in [6.45, 7) is 10.0. The van der Waals surface area contributed by atoms with Crippen molar-refractivity contribution >= 4 is 27.7 Å². The van der Waals surface area contributed by atoms with Gasteiger partial charge in [-0.15, -0.1) is 0 Å². The molecule has 28 heavy (non-hydrogen) atoms. The van der Waals surface area contributed by atoms with E-state index in [1.54, 1.807) is 17.8 Å². The molecular formula is C20H32N2O4S2. The van der Waals surface area contributed by atoms with Gasteiger partial charge in [0, 0.05) is 30.1 Å². The lowest BCUT2D eigenvalue weighted by Crippen LogP contribution is -2.38. The van der Waals surface area contributed by atoms with Crippen molar-refractivity contribution in [3.63, 3.8) is 0 Å². The molecule has 8 heteroatoms. The van der Waals surface area contributed by atoms with E-state index in [0.717, 1.165) is 18.6 Å². The quantitative estimate of drug-likeness (QED) is 0.674. The fraction of sp³-hybridized carbons (Fsp3) is 0.650. The first kappa shape index (κ1) is 23.0. The number of benzene rings is 1. The number of carbonyl (C=O) groups excluding carboxylic acids is 1. The SMILES string of the molecule is COc1ccc(S(=O)(=O)N2CCC(C)CC2)cc1C(=O)NCCSC(C)(C)C. The maximum atomic E-state index is 13.0. The Labute approximate surface area is 173 Å². The predicted octanol–water partition coefficient (Wildman–Crippen LogP) is 3.38. The molecule has 158 valence electrons. The molecule has 0 saturated carbocycles. The van der Waals surface area contributed by atoms with Crippen LogP contribution in [0.15, 0.2) is 23.1 Å². The molecule has 1 aliphatic heterocycles. The molecule has 1 aliphatic rings. The summed E-state index contributed by atoms with van der Waals surface area (Å²) in [5, 5.41) is 2.86. The van der Waals surface area contributed by atoms with E-state index in [-0.39, 0.29) is 21.1 Å². The summed E-state index contributed by atoms with van der Waals surface area (Å²) in [7, 11) is -2.14. The number of nitrogens with zero attached hydrogens (tertiary/aromatic N) is 1. The first-order valence-corrected chi connectivity index (χ1v) is 12.1. The molecule has 0 radical (unpaired) electrons. The number of carbonyl (C=O) groups is 1. The molecule has 6 nitrogen and oxygen atoms in total. The highest BCUT2D eigenvalue weighted by atomic mass is 32.2. The van der Waals surface area contributed by atoms with Crippen LogP contribution < -0.4 is 10.1 Å². The highest BCUT2D eigenvalue weighted by Crippen LogP contribution is 2.27. The molecule has 2 rings (SSSR count). The van der Waals surface area contributed by atoms with Gasteiger partial charge in [0.05, 0.1) is 17.6 Å². The van der Waals surface area contributed by atoms with Crippen LogP contribution in [0.5, 0.6) is 5.75 Å². The van der Waals surface area contributed by atoms with Gasteiger partial charge >= 0.3 is 0 Å². The van der Waals surface area contributed by atoms with Crippen molar-refractivity contribution in [2.24, 2.45) is 5.92 Å². The van der Waals surface area contributed by atoms with Crippen molar-refractivity contribution in [1.29, 1.82) is 0 Å². The van der Waals surface area contributed by atoms with Crippen molar-refractivity contribution in [2.75, 3.05) is 32.5 Å². The molecule has 1 aromatic carbocycles. The van der Waals surface area contributed by atoms with Crippen molar-refractivity contribution in [3.05, 3.63) is 23.8 Å². The lowest BCUT2D eigenvalue weighted by atomic mass is 10.0. The van der Waals surface area contributed by atoms with Crippen LogP contribution in [0, 0.1) is 5.92 Å². The number of nitrogens with one attached hydrogen (secondary N) is 1. The second-order valence-electron chi connectivity index (χ2n) is 8.17. The van der Waals surface area contributed by atoms with Gasteiger partial charge in [-0.1, -0.05) is 27.7 Å². The van der Waals surface area contributed by atoms with Gasteiger partial charge in [0.2, 0.25) is 10.0 Å². The van der Waals surface area contributed by atoms with Crippen LogP contribution >= 0.6 is 11.8 Å². The van der Waals surface area contributed by atoms with Gasteiger partial charge in [0.25, 0.3) is 5.91 Å². The van der Waals surface area contributed by atoms with E-state index < -0.39 is 10.0 Å². The maximum Gasteiger partial charge on any atom is 0.255 e. The number of thioether (sulfide) groups is 1. The smallest absolute Gasteiger partial charge is 0.255 e. The second kappa shape index (κ2) is 9.50. The zero-order valence-corrected chi connectivity index (χ0v) is 19.1. The molecule has 0 atom stereocenters. The predicted molar refractivity (Wildman–Crippen MR) is 115 cm³/mol. The standard InChI is InChI=1S/C20H32N2O4S2/c1-15-8-11-22(12-9-15)28(24,25)16-6-7-18(26-5)17(14-16)19(23)21-10-13-27-20(2,3)4/h6-7,14-15H,8-13H2,1-5H3,(H,21,23). The number of rotatable bonds is 7. The normalized spacial score (nSPS) is 16.8. The Morgan fingerprint density at radius 2 is 1.93 bits per heavy atom. The topological polar surface area (TPSA) is 75.7 Å². The fourth-order valence-electron chi connectivity index (χ4n) is 3.02. The van der Waals surface area contributed by atoms with E-state index in [1.165, 1.54) is 23.5 Å². The molecular weight excluding hydrogens is 396 g/mol. The fourth-order valence-corrected chi connectivity index (χ4v) is 5.33. The van der Waals surface area contributed by atoms with Crippen molar-refractivity contribution in [2.45, 2.75) is 50.2 Å². The van der Waals surface area contributed by atoms with E-state index >= 15 is 0 Å². The van der Waals surface area contributed by atoms with Crippen LogP contribution in [-0.4, -0.2) is 55.9 Å². The number of methoxy groups -OCH3 is 1. The summed E-state index contributed by atoms with van der Waals surface area (Å²) in [5.41, 5.74) is 0.245. The maximum absolute atomic E-state index is 13.0. The van der Waals surface area contributed by atoms with E-state index in [0.29, 0.717) is 31.3 Å². The molecule has 0 spiro atoms. The largest absolute Gasteiger partial charge is 0.496 e. The third-order valence-electron chi connectivity index (χ3n) is 4.72. The van der Waals surface area contributed by atoms with Crippen LogP contribution in [0.2, 0.25) is 0 Å². The Kier molecular flexibility index (Phi) is 7.81. The highest BCUT2D eigenvalue weighted by Gasteiger charge is 2.29. The Morgan fingerprint density at radius 1 is 1.29 bits per heavy atom. The molecule has 0 aromatic heterocycles. The Balaban J connectivity index is 2.15. The minimum Gasteiger partial charge on any atom is -0.496 e. The minimum absolute atomic E-state index is 0.127. The summed E-state index contributed by atoms with van der Waals surface area (Å²) in [5.74, 6) is 1.36. The minimum atomic E-state index is -3.62. The molecule has 1 amide bonds. The molecule has 1 N–H and O–H groups in total. The molecule has 0 unspecified atom stereocenters. The van der Waals surface area contributed by atoms with E-state index in [9.17, 15) is 13.2 Å². The lowest BCUT2D eigenvalue weighted by Gasteiger charge is -2.29. The summed E-state index contributed by atoms with van der Waals surface area (Å²) >= 11 is 1.76. The highest BCUT2D eigenvalue weighted by molar-refractivity contribution is 8.00. The van der Waals surface area contributed by atoms with Gasteiger partial charge in [0.15, 0.2) is 0 Å². The zero-order valence-electron chi connectivity index (χ0n) is 17.4. The number of piperidine rings is 1. The van der Waals surface area contributed by atoms with Crippen LogP contribution in [-0.2, 0) is 10.0 Å². The average Bonchev–Trinajstić information content (AvgIpc) is 2.64. The van der Waals surface area contributed by atoms with Crippen LogP contribution in [0.25, 0.3) is 0 Å². The van der Waals surface area contributed by atoms with Crippen molar-refractivity contribution in [1.82, 2.24) is 9.62 Å². The van der Waals surface area contributed by atoms with Crippen LogP contribution in [0.4, 0.5) is 0 Å². The van der Waals surface area contributed by atoms with E-state index in [4.69, 9.17) is 4.74 Å². The number of ether oxygens (including phenoxy) is 1. The number of sulfonamides is 1. The van der Waals surface area contributed by atoms with Gasteiger partial charge in [-0.2, -0.15) is 16.1 Å². The van der Waals surface area contributed by atoms with Crippen LogP contribution in [0.1, 0.15) is 50.9 Å². The second-order valence-corrected chi connectivity index (χ2v) is 12.0. The van der Waals surface area contributed by atoms with Gasteiger partial charge in [0.1, 0.15) is 5.75 Å². The molecule has 1 fully saturated rings. The van der Waals surface area contributed by atoms with Crippen LogP contribution in [0.3, 0.4) is 0 Å². The van der Waals surface area contributed by atoms with E-state index in [2.05, 4.69) is 33.0 Å². The molecule has 0 bridgehead atoms. The van der Waals surface area contributed by atoms with E-state index in [1.807, 2.05) is 0 Å². The summed E-state index contributed by atoms with van der Waals surface area (Å²) in [6, 6.07) is 4.50. The average molecular weight is 429 g/mol. The van der Waals surface area contributed by atoms with Gasteiger partial charge in [-0.3, -0.25) is 4.79 Å². The molecule has 1 aromatic rings. The van der Waals surface area contributed by atoms with Crippen molar-refractivity contribution < 1.29 is 17.9 Å². The summed E-state index contributed by atoms with van der Waals surface area (Å²) in [4.78, 5) is 12.8. The molecule has 0 aliphatic carbocycles. The lowest BCUT2D eigenvalue weighted by molar-refractivity contribution is 0.0953. The number of hydrogen-bond acceptors (Lipinski definition) is 5. The number of hydrogen-bond donors (Lipinski definition) is 1. The monoisotopic (exact) mass is 428 g/mol. The molecule has 1 saturated heterocycles. The Bertz CT molecular complexity index is 780. The first-order valence-electron chi connectivity index (χ1n) is 9.65. The zero-order chi connectivity index (χ0) is 20.9. The third-order valence-corrected chi connectivity index (χ3v) is 7.89. The number of amides is 1. The summed E-state index contributed by atoms with van der Waals surface area (Å²) in [6.07, 6.45) is 1.71. The first-order chi connectivity index (χ1) is 13.0. The Hall–Kier alpha value is -1.25. The summed E-state index contributed by atoms with van der Waals surface area (Å²) < 4.78 is 32.9. The van der Waals surface area contributed by atoms with Gasteiger partial charge in [-0.25, -0.2) is 8.42 Å². The Morgan fingerprint density at radius 3 is 2.50 bits per heavy atom. The molecule has 1 heterocycles. The van der Waals surface area contributed by atoms with Gasteiger partial charge in [-0.05, 0) is 37.0 Å². The third kappa shape index (κ3) is 6.12. The van der Waals surface area contributed by atoms with Crippen molar-refractivity contribution in [3.8, 4) is 5.75 Å². The van der Waals surface area contributed by atoms with Gasteiger partial charge < -0.3 is 10.1 Å².